The van der Waals surface area contributed by atoms with Gasteiger partial charge in [0.15, 0.2) is 0 Å². The first-order valence-electron chi connectivity index (χ1n) is 5.29. The number of carbonyl (C=O) groups is 1. The molecule has 0 aliphatic heterocycles. The molecule has 2 N–H and O–H groups in total. The molecule has 0 unspecified atom stereocenters. The number of carbonyl (C=O) groups excluding carboxylic acids is 1. The molecule has 0 fully saturated rings. The molecule has 0 aliphatic rings. The van der Waals surface area contributed by atoms with Gasteiger partial charge in [-0.2, -0.15) is 0 Å². The van der Waals surface area contributed by atoms with Gasteiger partial charge in [0, 0.05) is 0 Å². The zero-order chi connectivity index (χ0) is 13.0. The first-order chi connectivity index (χ1) is 8.66. The molecule has 0 saturated heterocycles. The van der Waals surface area contributed by atoms with Crippen molar-refractivity contribution < 1.29 is 9.53 Å². The number of nitrogens with two attached hydrogens (primary N) is 1. The minimum absolute atomic E-state index is 0.0854. The molecule has 0 aliphatic carbocycles. The van der Waals surface area contributed by atoms with Crippen molar-refractivity contribution in [3.05, 3.63) is 58.9 Å². The number of nitrogen functional groups attached to an aromatic ring is 1. The molecule has 4 nitrogen and oxygen atoms in total. The smallest absolute Gasteiger partial charge is 0.341 e. The maximum Gasteiger partial charge on any atom is 0.341 e. The Balaban J connectivity index is 2.06. The predicted molar refractivity (Wildman–Crippen MR) is 69.2 cm³/mol. The van der Waals surface area contributed by atoms with E-state index in [4.69, 9.17) is 22.1 Å². The highest BCUT2D eigenvalue weighted by Crippen LogP contribution is 2.17. The molecule has 0 atom stereocenters. The fraction of sp³-hybridized carbons (Fsp3) is 0.0769. The van der Waals surface area contributed by atoms with Gasteiger partial charge in [0.2, 0.25) is 0 Å². The van der Waals surface area contributed by atoms with Crippen LogP contribution in [0.1, 0.15) is 15.9 Å². The summed E-state index contributed by atoms with van der Waals surface area (Å²) in [6.45, 7) is 0.185. The number of pyridine rings is 1. The topological polar surface area (TPSA) is 65.2 Å². The van der Waals surface area contributed by atoms with Crippen LogP contribution in [0.4, 0.5) is 5.69 Å². The standard InChI is InChI=1S/C13H11ClN2O2/c14-12-11(6-10(15)7-16-12)13(17)18-8-9-4-2-1-3-5-9/h1-7H,8,15H2. The third kappa shape index (κ3) is 2.99. The molecule has 5 heteroatoms. The Labute approximate surface area is 109 Å². The first kappa shape index (κ1) is 12.4. The van der Waals surface area contributed by atoms with Gasteiger partial charge in [0.25, 0.3) is 0 Å². The second kappa shape index (κ2) is 5.51. The van der Waals surface area contributed by atoms with Crippen molar-refractivity contribution in [1.82, 2.24) is 4.98 Å². The van der Waals surface area contributed by atoms with Gasteiger partial charge in [-0.3, -0.25) is 0 Å². The third-order valence-electron chi connectivity index (χ3n) is 2.29. The predicted octanol–water partition coefficient (Wildman–Crippen LogP) is 2.67. The van der Waals surface area contributed by atoms with Crippen LogP contribution in [-0.4, -0.2) is 11.0 Å². The van der Waals surface area contributed by atoms with Crippen molar-refractivity contribution in [3.8, 4) is 0 Å². The largest absolute Gasteiger partial charge is 0.457 e. The van der Waals surface area contributed by atoms with Gasteiger partial charge in [0.1, 0.15) is 11.8 Å². The van der Waals surface area contributed by atoms with E-state index in [2.05, 4.69) is 4.98 Å². The van der Waals surface area contributed by atoms with Gasteiger partial charge in [-0.15, -0.1) is 0 Å². The second-order valence-electron chi connectivity index (χ2n) is 3.67. The van der Waals surface area contributed by atoms with Crippen LogP contribution in [0.2, 0.25) is 5.15 Å². The summed E-state index contributed by atoms with van der Waals surface area (Å²) >= 11 is 5.81. The van der Waals surface area contributed by atoms with E-state index in [9.17, 15) is 4.79 Å². The van der Waals surface area contributed by atoms with E-state index in [-0.39, 0.29) is 17.3 Å². The lowest BCUT2D eigenvalue weighted by atomic mass is 10.2. The molecule has 2 rings (SSSR count). The summed E-state index contributed by atoms with van der Waals surface area (Å²) in [6.07, 6.45) is 1.39. The van der Waals surface area contributed by atoms with Gasteiger partial charge in [-0.05, 0) is 11.6 Å². The number of esters is 1. The number of hydrogen-bond acceptors (Lipinski definition) is 4. The van der Waals surface area contributed by atoms with E-state index in [0.29, 0.717) is 5.69 Å². The number of rotatable bonds is 3. The number of halogens is 1. The van der Waals surface area contributed by atoms with Crippen LogP contribution >= 0.6 is 11.6 Å². The van der Waals surface area contributed by atoms with Crippen molar-refractivity contribution in [1.29, 1.82) is 0 Å². The number of hydrogen-bond donors (Lipinski definition) is 1. The van der Waals surface area contributed by atoms with Crippen LogP contribution in [0.5, 0.6) is 0 Å². The van der Waals surface area contributed by atoms with Crippen LogP contribution < -0.4 is 5.73 Å². The van der Waals surface area contributed by atoms with Gasteiger partial charge >= 0.3 is 5.97 Å². The van der Waals surface area contributed by atoms with Crippen LogP contribution in [0.25, 0.3) is 0 Å². The zero-order valence-electron chi connectivity index (χ0n) is 9.47. The molecule has 2 aromatic rings. The van der Waals surface area contributed by atoms with Crippen LogP contribution in [0, 0.1) is 0 Å². The normalized spacial score (nSPS) is 10.1. The van der Waals surface area contributed by atoms with E-state index >= 15 is 0 Å². The summed E-state index contributed by atoms with van der Waals surface area (Å²) in [5, 5.41) is 0.0854. The quantitative estimate of drug-likeness (QED) is 0.682. The fourth-order valence-corrected chi connectivity index (χ4v) is 1.59. The maximum absolute atomic E-state index is 11.8. The van der Waals surface area contributed by atoms with Gasteiger partial charge in [-0.1, -0.05) is 41.9 Å². The van der Waals surface area contributed by atoms with E-state index in [0.717, 1.165) is 5.56 Å². The lowest BCUT2D eigenvalue weighted by Gasteiger charge is -2.06. The molecule has 18 heavy (non-hydrogen) atoms. The van der Waals surface area contributed by atoms with Gasteiger partial charge < -0.3 is 10.5 Å². The van der Waals surface area contributed by atoms with Crippen molar-refractivity contribution in [2.75, 3.05) is 5.73 Å². The minimum atomic E-state index is -0.538. The Morgan fingerprint density at radius 1 is 1.33 bits per heavy atom. The van der Waals surface area contributed by atoms with E-state index < -0.39 is 5.97 Å². The lowest BCUT2D eigenvalue weighted by Crippen LogP contribution is -2.07. The summed E-state index contributed by atoms with van der Waals surface area (Å²) in [7, 11) is 0. The van der Waals surface area contributed by atoms with Crippen molar-refractivity contribution in [2.45, 2.75) is 6.61 Å². The molecule has 1 aromatic carbocycles. The lowest BCUT2D eigenvalue weighted by molar-refractivity contribution is 0.0472. The minimum Gasteiger partial charge on any atom is -0.457 e. The summed E-state index contributed by atoms with van der Waals surface area (Å²) in [5.74, 6) is -0.538. The average molecular weight is 263 g/mol. The molecular formula is C13H11ClN2O2. The summed E-state index contributed by atoms with van der Waals surface area (Å²) in [6, 6.07) is 10.8. The first-order valence-corrected chi connectivity index (χ1v) is 5.66. The van der Waals surface area contributed by atoms with E-state index in [1.807, 2.05) is 30.3 Å². The van der Waals surface area contributed by atoms with Gasteiger partial charge in [-0.25, -0.2) is 9.78 Å². The van der Waals surface area contributed by atoms with Crippen LogP contribution in [0.15, 0.2) is 42.6 Å². The summed E-state index contributed by atoms with van der Waals surface area (Å²) in [4.78, 5) is 15.6. The SMILES string of the molecule is Nc1cnc(Cl)c(C(=O)OCc2ccccc2)c1. The Morgan fingerprint density at radius 2 is 2.06 bits per heavy atom. The number of aromatic nitrogens is 1. The summed E-state index contributed by atoms with van der Waals surface area (Å²) < 4.78 is 5.13. The Kier molecular flexibility index (Phi) is 3.79. The highest BCUT2D eigenvalue weighted by molar-refractivity contribution is 6.32. The van der Waals surface area contributed by atoms with Crippen molar-refractivity contribution >= 4 is 23.3 Å². The van der Waals surface area contributed by atoms with E-state index in [1.165, 1.54) is 12.3 Å². The second-order valence-corrected chi connectivity index (χ2v) is 4.03. The molecule has 0 radical (unpaired) electrons. The van der Waals surface area contributed by atoms with Gasteiger partial charge in [0.05, 0.1) is 17.4 Å². The average Bonchev–Trinajstić information content (AvgIpc) is 2.40. The zero-order valence-corrected chi connectivity index (χ0v) is 10.2. The number of anilines is 1. The highest BCUT2D eigenvalue weighted by Gasteiger charge is 2.13. The molecule has 0 amide bonds. The van der Waals surface area contributed by atoms with E-state index in [1.54, 1.807) is 0 Å². The molecule has 0 bridgehead atoms. The number of ether oxygens (including phenoxy) is 1. The molecule has 0 spiro atoms. The van der Waals surface area contributed by atoms with Crippen molar-refractivity contribution in [2.24, 2.45) is 0 Å². The molecule has 1 heterocycles. The maximum atomic E-state index is 11.8. The molecular weight excluding hydrogens is 252 g/mol. The van der Waals surface area contributed by atoms with Crippen LogP contribution in [-0.2, 0) is 11.3 Å². The number of benzene rings is 1. The Morgan fingerprint density at radius 3 is 2.78 bits per heavy atom. The molecule has 0 saturated carbocycles. The Bertz CT molecular complexity index is 558. The van der Waals surface area contributed by atoms with Crippen molar-refractivity contribution in [3.63, 3.8) is 0 Å². The number of nitrogens with zero attached hydrogens (tertiary/aromatic N) is 1. The monoisotopic (exact) mass is 262 g/mol. The molecule has 92 valence electrons. The Hall–Kier alpha value is -2.07. The third-order valence-corrected chi connectivity index (χ3v) is 2.59. The molecule has 1 aromatic heterocycles. The van der Waals surface area contributed by atoms with Crippen LogP contribution in [0.3, 0.4) is 0 Å². The fourth-order valence-electron chi connectivity index (χ4n) is 1.41. The summed E-state index contributed by atoms with van der Waals surface area (Å²) in [5.41, 5.74) is 6.99. The highest BCUT2D eigenvalue weighted by atomic mass is 35.5.